The van der Waals surface area contributed by atoms with Crippen molar-refractivity contribution < 1.29 is 22.3 Å². The molecular weight excluding hydrogens is 594 g/mol. The molecule has 2 heterocycles. The highest BCUT2D eigenvalue weighted by atomic mass is 19.4. The van der Waals surface area contributed by atoms with Crippen molar-refractivity contribution in [2.75, 3.05) is 13.1 Å². The van der Waals surface area contributed by atoms with Crippen LogP contribution in [0.25, 0.3) is 28.0 Å². The number of fused-ring (bicyclic) bond motifs is 1. The minimum Gasteiger partial charge on any atom is -0.403 e. The fourth-order valence-corrected chi connectivity index (χ4v) is 4.87. The van der Waals surface area contributed by atoms with Crippen LogP contribution in [0, 0.1) is 5.82 Å². The second-order valence-electron chi connectivity index (χ2n) is 10.8. The maximum Gasteiger partial charge on any atom is 0.573 e. The summed E-state index contributed by atoms with van der Waals surface area (Å²) in [6, 6.07) is 11.0. The number of nitrogens with zero attached hydrogens (tertiary/aromatic N) is 3. The fourth-order valence-electron chi connectivity index (χ4n) is 4.87. The van der Waals surface area contributed by atoms with Crippen LogP contribution in [-0.4, -0.2) is 52.0 Å². The second kappa shape index (κ2) is 14.5. The zero-order valence-corrected chi connectivity index (χ0v) is 24.7. The Labute approximate surface area is 256 Å². The number of guanidine groups is 1. The number of alkyl halides is 3. The molecule has 10 N–H and O–H groups in total. The maximum absolute atomic E-state index is 15.3. The van der Waals surface area contributed by atoms with E-state index in [1.165, 1.54) is 22.9 Å². The molecule has 0 aliphatic carbocycles. The molecule has 0 saturated carbocycles. The van der Waals surface area contributed by atoms with Gasteiger partial charge in [-0.2, -0.15) is 4.98 Å². The molecule has 4 aromatic rings. The summed E-state index contributed by atoms with van der Waals surface area (Å²) >= 11 is 0. The van der Waals surface area contributed by atoms with Gasteiger partial charge in [-0.25, -0.2) is 14.2 Å². The number of aromatic amines is 1. The van der Waals surface area contributed by atoms with Gasteiger partial charge < -0.3 is 38.0 Å². The van der Waals surface area contributed by atoms with Gasteiger partial charge in [-0.1, -0.05) is 12.1 Å². The van der Waals surface area contributed by atoms with Crippen LogP contribution >= 0.6 is 0 Å². The Bertz CT molecular complexity index is 1680. The van der Waals surface area contributed by atoms with Crippen molar-refractivity contribution in [3.05, 3.63) is 76.1 Å². The lowest BCUT2D eigenvalue weighted by atomic mass is 10.0. The first kappa shape index (κ1) is 33.4. The number of halogens is 4. The average Bonchev–Trinajstić information content (AvgIpc) is 3.37. The van der Waals surface area contributed by atoms with Gasteiger partial charge in [-0.3, -0.25) is 4.57 Å². The largest absolute Gasteiger partial charge is 0.573 e. The number of ether oxygens (including phenoxy) is 1. The van der Waals surface area contributed by atoms with Crippen LogP contribution in [-0.2, 0) is 13.0 Å². The average molecular weight is 632 g/mol. The summed E-state index contributed by atoms with van der Waals surface area (Å²) < 4.78 is 59.9. The van der Waals surface area contributed by atoms with E-state index in [0.29, 0.717) is 62.0 Å². The minimum absolute atomic E-state index is 0.00497. The number of H-pyrrole nitrogens is 1. The van der Waals surface area contributed by atoms with E-state index < -0.39 is 23.6 Å². The summed E-state index contributed by atoms with van der Waals surface area (Å²) in [5.41, 5.74) is 23.8. The molecule has 0 amide bonds. The van der Waals surface area contributed by atoms with Crippen molar-refractivity contribution in [1.82, 2.24) is 19.9 Å². The number of benzene rings is 2. The van der Waals surface area contributed by atoms with E-state index >= 15 is 4.39 Å². The highest BCUT2D eigenvalue weighted by molar-refractivity contribution is 5.83. The Morgan fingerprint density at radius 3 is 2.51 bits per heavy atom. The van der Waals surface area contributed by atoms with Crippen LogP contribution in [0.4, 0.5) is 17.6 Å². The number of hydrogen-bond donors (Lipinski definition) is 6. The molecule has 2 aromatic carbocycles. The molecule has 0 unspecified atom stereocenters. The predicted octanol–water partition coefficient (Wildman–Crippen LogP) is 3.17. The summed E-state index contributed by atoms with van der Waals surface area (Å²) in [6.45, 7) is 3.35. The number of rotatable bonds is 14. The summed E-state index contributed by atoms with van der Waals surface area (Å²) in [6.07, 6.45) is -1.30. The second-order valence-corrected chi connectivity index (χ2v) is 10.8. The molecule has 15 heteroatoms. The van der Waals surface area contributed by atoms with Crippen molar-refractivity contribution in [1.29, 1.82) is 0 Å². The fraction of sp³-hybridized carbons (Fsp3) is 0.367. The van der Waals surface area contributed by atoms with Crippen molar-refractivity contribution >= 4 is 17.0 Å². The van der Waals surface area contributed by atoms with E-state index in [0.717, 1.165) is 11.6 Å². The number of hydrogen-bond acceptors (Lipinski definition) is 7. The number of aryl methyl sites for hydroxylation is 1. The molecule has 2 atom stereocenters. The summed E-state index contributed by atoms with van der Waals surface area (Å²) in [5, 5.41) is 3.74. The Kier molecular flexibility index (Phi) is 10.8. The van der Waals surface area contributed by atoms with Crippen LogP contribution in [0.2, 0.25) is 0 Å². The van der Waals surface area contributed by atoms with Crippen LogP contribution in [0.15, 0.2) is 58.4 Å². The van der Waals surface area contributed by atoms with E-state index in [-0.39, 0.29) is 34.9 Å². The zero-order valence-electron chi connectivity index (χ0n) is 24.7. The van der Waals surface area contributed by atoms with Crippen molar-refractivity contribution in [2.45, 2.75) is 57.6 Å². The van der Waals surface area contributed by atoms with Crippen molar-refractivity contribution in [3.63, 3.8) is 0 Å². The van der Waals surface area contributed by atoms with Gasteiger partial charge in [0.05, 0.1) is 17.4 Å². The molecule has 0 aliphatic rings. The van der Waals surface area contributed by atoms with E-state index in [1.54, 1.807) is 12.1 Å². The van der Waals surface area contributed by atoms with E-state index in [1.807, 2.05) is 19.1 Å². The molecule has 0 saturated heterocycles. The lowest BCUT2D eigenvalue weighted by Gasteiger charge is -2.14. The topological polar surface area (TPSA) is 188 Å². The molecule has 0 radical (unpaired) electrons. The smallest absolute Gasteiger partial charge is 0.403 e. The molecule has 2 aromatic heterocycles. The molecule has 0 aliphatic heterocycles. The Morgan fingerprint density at radius 2 is 1.87 bits per heavy atom. The molecule has 11 nitrogen and oxygen atoms in total. The Hall–Kier alpha value is -4.47. The van der Waals surface area contributed by atoms with Crippen LogP contribution in [0.3, 0.4) is 0 Å². The van der Waals surface area contributed by atoms with Gasteiger partial charge in [-0.05, 0) is 80.6 Å². The van der Waals surface area contributed by atoms with Crippen molar-refractivity contribution in [2.24, 2.45) is 27.9 Å². The van der Waals surface area contributed by atoms with E-state index in [2.05, 4.69) is 25.0 Å². The standard InChI is InChI=1S/C30H37F4N9O2/c1-17(36)3-2-4-19-11-23(26(31)25(12-19)45-30(32,33)34)24-13-20-16-43(29(44)42-27(20)41-24)22-7-5-18(6-8-22)15-39-10-9-21(14-35)40-28(37)38/h5-8,11-13,16-17,21,39H,2-4,9-10,14-15,35-36H2,1H3,(H4,37,38,40)(H,41,42,44)/t17-,21+/m0/s1. The predicted molar refractivity (Wildman–Crippen MR) is 165 cm³/mol. The Morgan fingerprint density at radius 1 is 1.13 bits per heavy atom. The van der Waals surface area contributed by atoms with Crippen LogP contribution in [0.5, 0.6) is 5.75 Å². The third kappa shape index (κ3) is 9.26. The van der Waals surface area contributed by atoms with E-state index in [4.69, 9.17) is 22.9 Å². The first-order valence-electron chi connectivity index (χ1n) is 14.4. The Balaban J connectivity index is 1.55. The summed E-state index contributed by atoms with van der Waals surface area (Å²) in [4.78, 5) is 23.9. The SMILES string of the molecule is C[C@H](N)CCCc1cc(OC(F)(F)F)c(F)c(-c2cc3cn(-c4ccc(CNCC[C@H](CN)N=C(N)N)cc4)c(=O)nc3[nH]2)c1. The highest BCUT2D eigenvalue weighted by Gasteiger charge is 2.33. The zero-order chi connectivity index (χ0) is 32.7. The van der Waals surface area contributed by atoms with Gasteiger partial charge in [0, 0.05) is 36.3 Å². The third-order valence-electron chi connectivity index (χ3n) is 7.05. The maximum atomic E-state index is 15.3. The van der Waals surface area contributed by atoms with Crippen LogP contribution < -0.4 is 38.7 Å². The lowest BCUT2D eigenvalue weighted by molar-refractivity contribution is -0.275. The molecule has 0 fully saturated rings. The highest BCUT2D eigenvalue weighted by Crippen LogP contribution is 2.35. The van der Waals surface area contributed by atoms with E-state index in [9.17, 15) is 18.0 Å². The molecule has 4 rings (SSSR count). The number of aliphatic imine (C=N–C) groups is 1. The van der Waals surface area contributed by atoms with Crippen molar-refractivity contribution in [3.8, 4) is 22.7 Å². The minimum atomic E-state index is -5.08. The van der Waals surface area contributed by atoms with Crippen LogP contribution in [0.1, 0.15) is 37.3 Å². The molecular formula is C30H37F4N9O2. The molecule has 0 bridgehead atoms. The van der Waals surface area contributed by atoms with Gasteiger partial charge >= 0.3 is 12.1 Å². The first-order valence-corrected chi connectivity index (χ1v) is 14.4. The number of nitrogens with one attached hydrogen (secondary N) is 2. The quantitative estimate of drug-likeness (QED) is 0.0530. The van der Waals surface area contributed by atoms with Gasteiger partial charge in [-0.15, -0.1) is 13.2 Å². The first-order chi connectivity index (χ1) is 21.3. The van der Waals surface area contributed by atoms with Gasteiger partial charge in [0.1, 0.15) is 5.65 Å². The number of nitrogens with two attached hydrogens (primary N) is 4. The number of aromatic nitrogens is 3. The molecule has 0 spiro atoms. The summed E-state index contributed by atoms with van der Waals surface area (Å²) in [5.74, 6) is -2.14. The lowest BCUT2D eigenvalue weighted by Crippen LogP contribution is -2.30. The molecule has 45 heavy (non-hydrogen) atoms. The third-order valence-corrected chi connectivity index (χ3v) is 7.05. The summed E-state index contributed by atoms with van der Waals surface area (Å²) in [7, 11) is 0. The monoisotopic (exact) mass is 631 g/mol. The van der Waals surface area contributed by atoms with Gasteiger partial charge in [0.2, 0.25) is 0 Å². The normalized spacial score (nSPS) is 13.1. The molecule has 242 valence electrons. The van der Waals surface area contributed by atoms with Gasteiger partial charge in [0.15, 0.2) is 17.5 Å². The van der Waals surface area contributed by atoms with Gasteiger partial charge in [0.25, 0.3) is 0 Å².